The molecule has 7 nitrogen and oxygen atoms in total. The second-order valence-corrected chi connectivity index (χ2v) is 8.47. The molecule has 1 aromatic heterocycles. The molecular weight excluding hydrogens is 446 g/mol. The molecule has 1 heterocycles. The molecule has 0 saturated heterocycles. The van der Waals surface area contributed by atoms with E-state index in [9.17, 15) is 9.59 Å². The van der Waals surface area contributed by atoms with Crippen LogP contribution in [0.15, 0.2) is 66.3 Å². The van der Waals surface area contributed by atoms with Gasteiger partial charge in [-0.2, -0.15) is 0 Å². The van der Waals surface area contributed by atoms with Crippen LogP contribution < -0.4 is 10.6 Å². The van der Waals surface area contributed by atoms with Crippen molar-refractivity contribution >= 4 is 40.9 Å². The van der Waals surface area contributed by atoms with E-state index >= 15 is 0 Å². The Bertz CT molecular complexity index is 1110. The van der Waals surface area contributed by atoms with E-state index in [4.69, 9.17) is 11.6 Å². The molecule has 0 radical (unpaired) electrons. The van der Waals surface area contributed by atoms with Gasteiger partial charge in [-0.15, -0.1) is 16.8 Å². The molecule has 0 saturated carbocycles. The molecule has 3 aromatic rings. The fourth-order valence-electron chi connectivity index (χ4n) is 3.05. The third kappa shape index (κ3) is 5.99. The highest BCUT2D eigenvalue weighted by atomic mass is 35.5. The predicted octanol–water partition coefficient (Wildman–Crippen LogP) is 4.65. The molecule has 0 aliphatic heterocycles. The minimum atomic E-state index is -0.383. The van der Waals surface area contributed by atoms with Crippen molar-refractivity contribution < 1.29 is 9.59 Å². The standard InChI is InChI=1S/C23H24ClN5O2S/c1-4-13-29-21(16(3)25-22(31)19-8-6-5-7-15(19)2)27-28-23(29)32-14-20(30)26-18-11-9-17(24)10-12-18/h4-12,16H,1,13-14H2,2-3H3,(H,25,31)(H,26,30)/t16-/m1/s1. The Balaban J connectivity index is 1.67. The third-order valence-electron chi connectivity index (χ3n) is 4.64. The van der Waals surface area contributed by atoms with Gasteiger partial charge in [0.1, 0.15) is 0 Å². The lowest BCUT2D eigenvalue weighted by molar-refractivity contribution is -0.113. The van der Waals surface area contributed by atoms with Gasteiger partial charge in [-0.1, -0.05) is 47.6 Å². The van der Waals surface area contributed by atoms with Crippen LogP contribution in [-0.4, -0.2) is 32.3 Å². The summed E-state index contributed by atoms with van der Waals surface area (Å²) in [6.07, 6.45) is 1.72. The molecule has 0 aliphatic rings. The van der Waals surface area contributed by atoms with Gasteiger partial charge >= 0.3 is 0 Å². The van der Waals surface area contributed by atoms with Crippen LogP contribution in [0.25, 0.3) is 0 Å². The first-order valence-corrected chi connectivity index (χ1v) is 11.3. The summed E-state index contributed by atoms with van der Waals surface area (Å²) in [5, 5.41) is 15.4. The zero-order chi connectivity index (χ0) is 23.1. The number of aromatic nitrogens is 3. The lowest BCUT2D eigenvalue weighted by Gasteiger charge is -2.16. The lowest BCUT2D eigenvalue weighted by Crippen LogP contribution is -2.29. The molecule has 9 heteroatoms. The summed E-state index contributed by atoms with van der Waals surface area (Å²) in [4.78, 5) is 25.0. The van der Waals surface area contributed by atoms with Gasteiger partial charge in [-0.3, -0.25) is 9.59 Å². The number of anilines is 1. The number of hydrogen-bond donors (Lipinski definition) is 2. The molecule has 0 fully saturated rings. The van der Waals surface area contributed by atoms with E-state index in [-0.39, 0.29) is 23.6 Å². The van der Waals surface area contributed by atoms with Crippen LogP contribution in [0.4, 0.5) is 5.69 Å². The van der Waals surface area contributed by atoms with E-state index in [0.29, 0.717) is 33.8 Å². The average Bonchev–Trinajstić information content (AvgIpc) is 3.17. The Morgan fingerprint density at radius 3 is 2.59 bits per heavy atom. The smallest absolute Gasteiger partial charge is 0.252 e. The lowest BCUT2D eigenvalue weighted by atomic mass is 10.1. The number of rotatable bonds is 9. The van der Waals surface area contributed by atoms with Crippen molar-refractivity contribution in [2.75, 3.05) is 11.1 Å². The SMILES string of the molecule is C=CCn1c(SCC(=O)Nc2ccc(Cl)cc2)nnc1[C@@H](C)NC(=O)c1ccccc1C. The Kier molecular flexibility index (Phi) is 8.08. The number of hydrogen-bond acceptors (Lipinski definition) is 5. The summed E-state index contributed by atoms with van der Waals surface area (Å²) in [7, 11) is 0. The van der Waals surface area contributed by atoms with Crippen LogP contribution in [0, 0.1) is 6.92 Å². The monoisotopic (exact) mass is 469 g/mol. The van der Waals surface area contributed by atoms with Crippen molar-refractivity contribution in [3.8, 4) is 0 Å². The summed E-state index contributed by atoms with van der Waals surface area (Å²) in [6, 6.07) is 13.9. The van der Waals surface area contributed by atoms with Crippen molar-refractivity contribution in [1.82, 2.24) is 20.1 Å². The molecule has 2 aromatic carbocycles. The number of nitrogens with zero attached hydrogens (tertiary/aromatic N) is 3. The highest BCUT2D eigenvalue weighted by Crippen LogP contribution is 2.22. The highest BCUT2D eigenvalue weighted by Gasteiger charge is 2.21. The van der Waals surface area contributed by atoms with Gasteiger partial charge in [0.2, 0.25) is 5.91 Å². The molecule has 32 heavy (non-hydrogen) atoms. The van der Waals surface area contributed by atoms with Gasteiger partial charge in [-0.25, -0.2) is 0 Å². The number of carbonyl (C=O) groups excluding carboxylic acids is 2. The Labute approximate surface area is 196 Å². The van der Waals surface area contributed by atoms with E-state index in [1.165, 1.54) is 11.8 Å². The van der Waals surface area contributed by atoms with Crippen LogP contribution in [0.1, 0.15) is 34.7 Å². The van der Waals surface area contributed by atoms with Gasteiger partial charge in [0, 0.05) is 22.8 Å². The number of benzene rings is 2. The van der Waals surface area contributed by atoms with Gasteiger partial charge < -0.3 is 15.2 Å². The average molecular weight is 470 g/mol. The molecule has 0 aliphatic carbocycles. The van der Waals surface area contributed by atoms with Crippen molar-refractivity contribution in [2.24, 2.45) is 0 Å². The van der Waals surface area contributed by atoms with Crippen LogP contribution >= 0.6 is 23.4 Å². The first-order valence-electron chi connectivity index (χ1n) is 9.97. The van der Waals surface area contributed by atoms with E-state index in [1.54, 1.807) is 36.4 Å². The topological polar surface area (TPSA) is 88.9 Å². The van der Waals surface area contributed by atoms with Crippen LogP contribution in [0.2, 0.25) is 5.02 Å². The van der Waals surface area contributed by atoms with Crippen molar-refractivity contribution in [3.05, 3.63) is 83.2 Å². The summed E-state index contributed by atoms with van der Waals surface area (Å²) in [5.74, 6) is 0.391. The normalized spacial score (nSPS) is 11.6. The van der Waals surface area contributed by atoms with Crippen molar-refractivity contribution in [1.29, 1.82) is 0 Å². The Morgan fingerprint density at radius 2 is 1.91 bits per heavy atom. The van der Waals surface area contributed by atoms with Crippen LogP contribution in [-0.2, 0) is 11.3 Å². The van der Waals surface area contributed by atoms with Crippen LogP contribution in [0.3, 0.4) is 0 Å². The second-order valence-electron chi connectivity index (χ2n) is 7.09. The number of allylic oxidation sites excluding steroid dienone is 1. The molecule has 2 amide bonds. The molecular formula is C23H24ClN5O2S. The molecule has 0 spiro atoms. The number of nitrogens with one attached hydrogen (secondary N) is 2. The number of amides is 2. The largest absolute Gasteiger partial charge is 0.342 e. The Hall–Kier alpha value is -3.10. The van der Waals surface area contributed by atoms with Gasteiger partial charge in [0.25, 0.3) is 5.91 Å². The number of aryl methyl sites for hydroxylation is 1. The molecule has 0 unspecified atom stereocenters. The van der Waals surface area contributed by atoms with E-state index in [2.05, 4.69) is 27.4 Å². The van der Waals surface area contributed by atoms with E-state index < -0.39 is 0 Å². The molecule has 2 N–H and O–H groups in total. The van der Waals surface area contributed by atoms with Gasteiger partial charge in [0.05, 0.1) is 11.8 Å². The van der Waals surface area contributed by atoms with Gasteiger partial charge in [-0.05, 0) is 49.7 Å². The number of carbonyl (C=O) groups is 2. The number of halogens is 1. The maximum absolute atomic E-state index is 12.7. The zero-order valence-corrected chi connectivity index (χ0v) is 19.4. The van der Waals surface area contributed by atoms with E-state index in [1.807, 2.05) is 36.6 Å². The van der Waals surface area contributed by atoms with Crippen molar-refractivity contribution in [2.45, 2.75) is 31.6 Å². The van der Waals surface area contributed by atoms with Gasteiger partial charge in [0.15, 0.2) is 11.0 Å². The zero-order valence-electron chi connectivity index (χ0n) is 17.8. The summed E-state index contributed by atoms with van der Waals surface area (Å²) in [6.45, 7) is 7.99. The predicted molar refractivity (Wildman–Crippen MR) is 128 cm³/mol. The van der Waals surface area contributed by atoms with Crippen molar-refractivity contribution in [3.63, 3.8) is 0 Å². The fraction of sp³-hybridized carbons (Fsp3) is 0.217. The second kappa shape index (κ2) is 11.0. The summed E-state index contributed by atoms with van der Waals surface area (Å²) in [5.41, 5.74) is 2.18. The summed E-state index contributed by atoms with van der Waals surface area (Å²) < 4.78 is 1.84. The maximum Gasteiger partial charge on any atom is 0.252 e. The first kappa shape index (κ1) is 23.6. The van der Waals surface area contributed by atoms with E-state index in [0.717, 1.165) is 5.56 Å². The third-order valence-corrected chi connectivity index (χ3v) is 5.86. The molecule has 3 rings (SSSR count). The minimum Gasteiger partial charge on any atom is -0.342 e. The maximum atomic E-state index is 12.7. The Morgan fingerprint density at radius 1 is 1.19 bits per heavy atom. The molecule has 1 atom stereocenters. The molecule has 0 bridgehead atoms. The summed E-state index contributed by atoms with van der Waals surface area (Å²) >= 11 is 7.13. The number of thioether (sulfide) groups is 1. The minimum absolute atomic E-state index is 0.155. The quantitative estimate of drug-likeness (QED) is 0.352. The highest BCUT2D eigenvalue weighted by molar-refractivity contribution is 7.99. The van der Waals surface area contributed by atoms with Crippen LogP contribution in [0.5, 0.6) is 0 Å². The molecule has 166 valence electrons. The fourth-order valence-corrected chi connectivity index (χ4v) is 3.94. The first-order chi connectivity index (χ1) is 15.4.